The van der Waals surface area contributed by atoms with Crippen molar-refractivity contribution >= 4 is 0 Å². The van der Waals surface area contributed by atoms with Crippen LogP contribution in [0.2, 0.25) is 0 Å². The minimum absolute atomic E-state index is 0.492. The molecule has 2 aliphatic heterocycles. The van der Waals surface area contributed by atoms with Gasteiger partial charge in [0.2, 0.25) is 0 Å². The first-order valence-electron chi connectivity index (χ1n) is 8.92. The van der Waals surface area contributed by atoms with Gasteiger partial charge < -0.3 is 19.9 Å². The highest BCUT2D eigenvalue weighted by Crippen LogP contribution is 2.27. The van der Waals surface area contributed by atoms with Crippen LogP contribution in [0.15, 0.2) is 0 Å². The zero-order chi connectivity index (χ0) is 15.1. The Kier molecular flexibility index (Phi) is 6.93. The van der Waals surface area contributed by atoms with Crippen LogP contribution in [0.4, 0.5) is 0 Å². The summed E-state index contributed by atoms with van der Waals surface area (Å²) in [5, 5.41) is 3.50. The Hall–Kier alpha value is -0.160. The number of hydrogen-bond acceptors (Lipinski definition) is 4. The largest absolute Gasteiger partial charge is 0.377 e. The quantitative estimate of drug-likeness (QED) is 0.739. The molecule has 0 radical (unpaired) electrons. The Morgan fingerprint density at radius 1 is 1.24 bits per heavy atom. The van der Waals surface area contributed by atoms with E-state index >= 15 is 0 Å². The van der Waals surface area contributed by atoms with Crippen molar-refractivity contribution in [3.05, 3.63) is 0 Å². The maximum absolute atomic E-state index is 6.08. The Morgan fingerprint density at radius 2 is 1.95 bits per heavy atom. The van der Waals surface area contributed by atoms with E-state index in [9.17, 15) is 0 Å². The predicted molar refractivity (Wildman–Crippen MR) is 88.8 cm³/mol. The molecule has 1 unspecified atom stereocenters. The second kappa shape index (κ2) is 8.47. The zero-order valence-corrected chi connectivity index (χ0v) is 14.4. The molecule has 0 aromatic carbocycles. The molecule has 0 aliphatic carbocycles. The van der Waals surface area contributed by atoms with E-state index in [1.807, 2.05) is 0 Å². The third-order valence-corrected chi connectivity index (χ3v) is 5.25. The average Bonchev–Trinajstić information content (AvgIpc) is 2.92. The number of nitrogens with one attached hydrogen (secondary N) is 1. The molecule has 2 aliphatic rings. The fraction of sp³-hybridized carbons (Fsp3) is 1.00. The van der Waals surface area contributed by atoms with Gasteiger partial charge in [-0.15, -0.1) is 0 Å². The summed E-state index contributed by atoms with van der Waals surface area (Å²) in [6, 6.07) is 0. The van der Waals surface area contributed by atoms with Gasteiger partial charge in [0.15, 0.2) is 0 Å². The van der Waals surface area contributed by atoms with Crippen LogP contribution in [0.25, 0.3) is 0 Å². The first-order chi connectivity index (χ1) is 10.1. The Morgan fingerprint density at radius 3 is 2.52 bits per heavy atom. The van der Waals surface area contributed by atoms with Gasteiger partial charge in [0.25, 0.3) is 0 Å². The molecule has 1 atom stereocenters. The molecule has 0 aromatic heterocycles. The molecule has 0 bridgehead atoms. The Balaban J connectivity index is 1.60. The molecule has 21 heavy (non-hydrogen) atoms. The number of rotatable bonds is 8. The van der Waals surface area contributed by atoms with Crippen LogP contribution >= 0.6 is 0 Å². The van der Waals surface area contributed by atoms with Crippen LogP contribution in [0.5, 0.6) is 0 Å². The molecule has 2 heterocycles. The molecule has 0 saturated carbocycles. The molecule has 0 amide bonds. The normalized spacial score (nSPS) is 28.6. The van der Waals surface area contributed by atoms with E-state index in [-0.39, 0.29) is 0 Å². The molecule has 4 nitrogen and oxygen atoms in total. The molecule has 2 fully saturated rings. The molecule has 0 spiro atoms. The van der Waals surface area contributed by atoms with Gasteiger partial charge >= 0.3 is 0 Å². The molecular weight excluding hydrogens is 262 g/mol. The lowest BCUT2D eigenvalue weighted by atomic mass is 9.88. The summed E-state index contributed by atoms with van der Waals surface area (Å²) in [5.74, 6) is 0. The number of piperidine rings is 1. The summed E-state index contributed by atoms with van der Waals surface area (Å²) in [7, 11) is 0. The number of nitrogens with zero attached hydrogens (tertiary/aromatic N) is 2. The standard InChI is InChI=1S/C17H35N3O/c1-4-19(5-2)12-13-21-16-6-10-20(11-7-16)15-17(3)8-9-18-14-17/h16,18H,4-15H2,1-3H3. The molecular formula is C17H35N3O. The second-order valence-electron chi connectivity index (χ2n) is 7.11. The molecule has 2 rings (SSSR count). The van der Waals surface area contributed by atoms with Crippen molar-refractivity contribution in [2.75, 3.05) is 59.0 Å². The summed E-state index contributed by atoms with van der Waals surface area (Å²) in [5.41, 5.74) is 0.496. The van der Waals surface area contributed by atoms with E-state index in [2.05, 4.69) is 35.9 Å². The molecule has 124 valence electrons. The van der Waals surface area contributed by atoms with Gasteiger partial charge in [-0.25, -0.2) is 0 Å². The zero-order valence-electron chi connectivity index (χ0n) is 14.4. The van der Waals surface area contributed by atoms with Crippen LogP contribution in [-0.2, 0) is 4.74 Å². The maximum Gasteiger partial charge on any atom is 0.0600 e. The minimum atomic E-state index is 0.492. The average molecular weight is 297 g/mol. The van der Waals surface area contributed by atoms with Crippen LogP contribution in [0.1, 0.15) is 40.0 Å². The summed E-state index contributed by atoms with van der Waals surface area (Å²) in [4.78, 5) is 5.08. The smallest absolute Gasteiger partial charge is 0.0600 e. The number of likely N-dealkylation sites (N-methyl/N-ethyl adjacent to an activating group) is 1. The first kappa shape index (κ1) is 17.2. The van der Waals surface area contributed by atoms with E-state index in [1.54, 1.807) is 0 Å². The highest BCUT2D eigenvalue weighted by Gasteiger charge is 2.32. The van der Waals surface area contributed by atoms with Crippen molar-refractivity contribution in [2.45, 2.75) is 46.1 Å². The van der Waals surface area contributed by atoms with E-state index < -0.39 is 0 Å². The first-order valence-corrected chi connectivity index (χ1v) is 8.92. The molecule has 0 aromatic rings. The van der Waals surface area contributed by atoms with E-state index in [0.29, 0.717) is 11.5 Å². The summed E-state index contributed by atoms with van der Waals surface area (Å²) >= 11 is 0. The van der Waals surface area contributed by atoms with E-state index in [4.69, 9.17) is 4.74 Å². The van der Waals surface area contributed by atoms with E-state index in [1.165, 1.54) is 52.0 Å². The Labute approximate surface area is 131 Å². The van der Waals surface area contributed by atoms with Gasteiger partial charge in [-0.3, -0.25) is 0 Å². The minimum Gasteiger partial charge on any atom is -0.377 e. The van der Waals surface area contributed by atoms with Crippen molar-refractivity contribution in [3.8, 4) is 0 Å². The summed E-state index contributed by atoms with van der Waals surface area (Å²) < 4.78 is 6.08. The number of ether oxygens (including phenoxy) is 1. The third-order valence-electron chi connectivity index (χ3n) is 5.25. The van der Waals surface area contributed by atoms with Crippen molar-refractivity contribution in [2.24, 2.45) is 5.41 Å². The summed E-state index contributed by atoms with van der Waals surface area (Å²) in [6.07, 6.45) is 4.24. The highest BCUT2D eigenvalue weighted by atomic mass is 16.5. The second-order valence-corrected chi connectivity index (χ2v) is 7.11. The predicted octanol–water partition coefficient (Wildman–Crippen LogP) is 1.81. The fourth-order valence-electron chi connectivity index (χ4n) is 3.67. The van der Waals surface area contributed by atoms with Crippen molar-refractivity contribution in [1.29, 1.82) is 0 Å². The van der Waals surface area contributed by atoms with Gasteiger partial charge in [0.1, 0.15) is 0 Å². The number of hydrogen-bond donors (Lipinski definition) is 1. The van der Waals surface area contributed by atoms with Gasteiger partial charge in [0, 0.05) is 32.7 Å². The lowest BCUT2D eigenvalue weighted by Crippen LogP contribution is -2.43. The monoisotopic (exact) mass is 297 g/mol. The lowest BCUT2D eigenvalue weighted by molar-refractivity contribution is -0.00671. The van der Waals surface area contributed by atoms with Gasteiger partial charge in [-0.2, -0.15) is 0 Å². The van der Waals surface area contributed by atoms with Crippen LogP contribution in [-0.4, -0.2) is 74.9 Å². The molecule has 1 N–H and O–H groups in total. The van der Waals surface area contributed by atoms with E-state index in [0.717, 1.165) is 26.2 Å². The van der Waals surface area contributed by atoms with Crippen molar-refractivity contribution < 1.29 is 4.74 Å². The van der Waals surface area contributed by atoms with Crippen molar-refractivity contribution in [3.63, 3.8) is 0 Å². The fourth-order valence-corrected chi connectivity index (χ4v) is 3.67. The van der Waals surface area contributed by atoms with Crippen LogP contribution in [0.3, 0.4) is 0 Å². The Bertz CT molecular complexity index is 280. The van der Waals surface area contributed by atoms with Gasteiger partial charge in [0.05, 0.1) is 12.7 Å². The topological polar surface area (TPSA) is 27.7 Å². The summed E-state index contributed by atoms with van der Waals surface area (Å²) in [6.45, 7) is 17.2. The molecule has 4 heteroatoms. The maximum atomic E-state index is 6.08. The number of likely N-dealkylation sites (tertiary alicyclic amines) is 1. The van der Waals surface area contributed by atoms with Crippen LogP contribution < -0.4 is 5.32 Å². The molecule has 2 saturated heterocycles. The van der Waals surface area contributed by atoms with Crippen LogP contribution in [0, 0.1) is 5.41 Å². The van der Waals surface area contributed by atoms with Crippen molar-refractivity contribution in [1.82, 2.24) is 15.1 Å². The third kappa shape index (κ3) is 5.51. The highest BCUT2D eigenvalue weighted by molar-refractivity contribution is 4.88. The van der Waals surface area contributed by atoms with Gasteiger partial charge in [-0.05, 0) is 44.3 Å². The lowest BCUT2D eigenvalue weighted by Gasteiger charge is -2.37. The SMILES string of the molecule is CCN(CC)CCOC1CCN(CC2(C)CCNC2)CC1. The van der Waals surface area contributed by atoms with Gasteiger partial charge in [-0.1, -0.05) is 20.8 Å².